The maximum Gasteiger partial charge on any atom is 0.129 e. The van der Waals surface area contributed by atoms with Gasteiger partial charge in [-0.1, -0.05) is 68.2 Å². The molecule has 560 valence electrons. The van der Waals surface area contributed by atoms with Gasteiger partial charge in [0, 0.05) is 160 Å². The summed E-state index contributed by atoms with van der Waals surface area (Å²) in [5.41, 5.74) is 19.1. The van der Waals surface area contributed by atoms with Crippen molar-refractivity contribution in [3.8, 4) is 0 Å². The molecular formula is C82H132N20. The van der Waals surface area contributed by atoms with Crippen molar-refractivity contribution in [3.05, 3.63) is 227 Å². The predicted octanol–water partition coefficient (Wildman–Crippen LogP) is 18.7. The van der Waals surface area contributed by atoms with E-state index in [0.717, 1.165) is 81.8 Å². The van der Waals surface area contributed by atoms with Crippen LogP contribution in [0, 0.1) is 109 Å². The van der Waals surface area contributed by atoms with Gasteiger partial charge in [0.1, 0.15) is 12.2 Å². The minimum Gasteiger partial charge on any atom is -0.335 e. The van der Waals surface area contributed by atoms with Crippen LogP contribution in [0.2, 0.25) is 0 Å². The number of pyridine rings is 3. The van der Waals surface area contributed by atoms with Crippen molar-refractivity contribution >= 4 is 0 Å². The van der Waals surface area contributed by atoms with Gasteiger partial charge in [-0.15, -0.1) is 10.2 Å². The van der Waals surface area contributed by atoms with Crippen molar-refractivity contribution in [2.24, 2.45) is 11.8 Å². The molecule has 0 atom stereocenters. The third kappa shape index (κ3) is 36.1. The van der Waals surface area contributed by atoms with Crippen molar-refractivity contribution in [3.63, 3.8) is 0 Å². The highest BCUT2D eigenvalue weighted by molar-refractivity contribution is 5.22. The normalized spacial score (nSPS) is 10.8. The number of rotatable bonds is 18. The molecule has 0 amide bonds. The summed E-state index contributed by atoms with van der Waals surface area (Å²) in [6.45, 7) is 59.3. The van der Waals surface area contributed by atoms with Crippen LogP contribution in [-0.2, 0) is 65.2 Å². The summed E-state index contributed by atoms with van der Waals surface area (Å²) in [6, 6.07) is 6.17. The Morgan fingerprint density at radius 2 is 0.794 bits per heavy atom. The highest BCUT2D eigenvalue weighted by Gasteiger charge is 2.21. The first-order chi connectivity index (χ1) is 48.9. The topological polar surface area (TPSA) is 194 Å². The van der Waals surface area contributed by atoms with E-state index >= 15 is 0 Å². The minimum atomic E-state index is 0.702. The fourth-order valence-electron chi connectivity index (χ4n) is 9.80. The first-order valence-electron chi connectivity index (χ1n) is 37.2. The van der Waals surface area contributed by atoms with Crippen LogP contribution >= 0.6 is 0 Å². The van der Waals surface area contributed by atoms with Crippen molar-refractivity contribution in [2.75, 3.05) is 0 Å². The molecule has 0 saturated heterocycles. The summed E-state index contributed by atoms with van der Waals surface area (Å²) >= 11 is 0. The van der Waals surface area contributed by atoms with Crippen LogP contribution in [-0.4, -0.2) is 96.6 Å². The molecule has 20 heteroatoms. The number of unbranched alkanes of at least 4 members (excludes halogenated alkanes) is 1. The van der Waals surface area contributed by atoms with E-state index in [1.807, 2.05) is 144 Å². The first-order valence-corrected chi connectivity index (χ1v) is 37.2. The number of nitrogens with zero attached hydrogens (tertiary/aromatic N) is 20. The molecule has 1 saturated carbocycles. The highest BCUT2D eigenvalue weighted by atomic mass is 15.3. The van der Waals surface area contributed by atoms with Crippen LogP contribution in [0.3, 0.4) is 0 Å². The van der Waals surface area contributed by atoms with E-state index in [9.17, 15) is 0 Å². The van der Waals surface area contributed by atoms with Gasteiger partial charge < -0.3 is 36.5 Å². The molecule has 1 aliphatic rings. The van der Waals surface area contributed by atoms with Crippen LogP contribution in [0.4, 0.5) is 0 Å². The van der Waals surface area contributed by atoms with Gasteiger partial charge in [-0.2, -0.15) is 0 Å². The Labute approximate surface area is 615 Å². The molecular weight excluding hydrogens is 1270 g/mol. The third-order valence-electron chi connectivity index (χ3n) is 17.1. The van der Waals surface area contributed by atoms with Crippen LogP contribution in [0.15, 0.2) is 137 Å². The number of aromatic nitrogens is 20. The lowest BCUT2D eigenvalue weighted by atomic mass is 10.1. The monoisotopic (exact) mass is 1400 g/mol. The molecule has 11 heterocycles. The van der Waals surface area contributed by atoms with Gasteiger partial charge >= 0.3 is 0 Å². The van der Waals surface area contributed by atoms with Crippen molar-refractivity contribution in [1.29, 1.82) is 0 Å². The van der Waals surface area contributed by atoms with Gasteiger partial charge in [0.25, 0.3) is 0 Å². The van der Waals surface area contributed by atoms with E-state index in [2.05, 4.69) is 250 Å². The van der Waals surface area contributed by atoms with Gasteiger partial charge in [-0.25, -0.2) is 34.9 Å². The van der Waals surface area contributed by atoms with Crippen LogP contribution < -0.4 is 0 Å². The molecule has 1 fully saturated rings. The molecule has 0 unspecified atom stereocenters. The summed E-state index contributed by atoms with van der Waals surface area (Å²) in [5, 5.41) is 7.60. The Morgan fingerprint density at radius 3 is 1.12 bits per heavy atom. The highest BCUT2D eigenvalue weighted by Crippen LogP contribution is 2.30. The second-order valence-corrected chi connectivity index (χ2v) is 26.4. The van der Waals surface area contributed by atoms with Gasteiger partial charge in [-0.05, 0) is 226 Å². The fourth-order valence-corrected chi connectivity index (χ4v) is 9.80. The Morgan fingerprint density at radius 1 is 0.373 bits per heavy atom. The Hall–Kier alpha value is -8.94. The molecule has 11 aromatic heterocycles. The predicted molar refractivity (Wildman–Crippen MR) is 423 cm³/mol. The zero-order valence-electron chi connectivity index (χ0n) is 67.5. The van der Waals surface area contributed by atoms with Crippen LogP contribution in [0.25, 0.3) is 0 Å². The van der Waals surface area contributed by atoms with E-state index in [1.165, 1.54) is 131 Å². The average molecular weight is 1400 g/mol. The van der Waals surface area contributed by atoms with Crippen molar-refractivity contribution in [2.45, 2.75) is 283 Å². The smallest absolute Gasteiger partial charge is 0.129 e. The quantitative estimate of drug-likeness (QED) is 0.0790. The fraction of sp³-hybridized carbons (Fsp3) is 0.537. The van der Waals surface area contributed by atoms with Gasteiger partial charge in [0.2, 0.25) is 0 Å². The van der Waals surface area contributed by atoms with Gasteiger partial charge in [0.05, 0.1) is 55.7 Å². The SMILES string of the molecule is CCCCn1cncc1C.CCCc1ccncc1C.CCCn1cnc(C)c1C.CCCn1cncc1C.CCCn1cnnc1C.CCc1ccncc1C.CCn1cnc(C)c1C.CCn1cncc1C.Cc1ccncc1C.Cc1cncn1CC(C)C.Cc1cncn1CC1CC1. The number of hydrogen-bond acceptors (Lipinski definition) is 12. The number of aryl methyl sites for hydroxylation is 20. The molecule has 0 aromatic carbocycles. The lowest BCUT2D eigenvalue weighted by Crippen LogP contribution is -2.04. The first kappa shape index (κ1) is 89.1. The summed E-state index contributed by atoms with van der Waals surface area (Å²) in [5.74, 6) is 2.65. The minimum absolute atomic E-state index is 0.702. The second-order valence-electron chi connectivity index (χ2n) is 26.4. The summed E-state index contributed by atoms with van der Waals surface area (Å²) in [4.78, 5) is 40.4. The standard InChI is InChI=1S/C9H13N.C8H12N2.3C8H14N2.C8H11N.2C7H12N2.C7H9N.C6H11N3.C6H10N2/c1-3-4-9-5-6-10-7-8(9)2;1-7-4-9-6-10(7)5-8-2-3-8;1-7(2)5-10-6-9-4-8(10)3;1-4-5-10-6-9-7(2)8(10)3;1-3-4-5-10-7-9-6-8(10)2;1-3-8-4-5-9-6-7(8)2;1-4-9-5-8-6(2)7(9)3;1-3-4-9-6-8-5-7(9)2;1-6-3-4-8-5-7(6)2;1-3-4-9-5-7-8-6(9)2;1-3-8-5-7-4-6(8)2/h5-7H,3-4H2,1-2H3;4,6,8H,2-3,5H2,1H3;4,6-7H,5H2,1-3H3;6H,4-5H2,1-3H3;6-7H,3-5H2,1-2H3;4-6H,3H2,1-2H3;5H,4H2,1-3H3;5-6H,3-4H2,1-2H3;3-5H,1-2H3;5H,3-4H2,1-2H3;4-5H,3H2,1-2H3. The van der Waals surface area contributed by atoms with Gasteiger partial charge in [0.15, 0.2) is 0 Å². The Balaban J connectivity index is 0.000000382. The molecule has 102 heavy (non-hydrogen) atoms. The summed E-state index contributed by atoms with van der Waals surface area (Å²) in [7, 11) is 0. The van der Waals surface area contributed by atoms with Crippen LogP contribution in [0.5, 0.6) is 0 Å². The van der Waals surface area contributed by atoms with Crippen molar-refractivity contribution < 1.29 is 0 Å². The molecule has 0 spiro atoms. The third-order valence-corrected chi connectivity index (χ3v) is 17.1. The van der Waals surface area contributed by atoms with E-state index in [0.29, 0.717) is 5.92 Å². The Kier molecular flexibility index (Phi) is 45.5. The number of hydrogen-bond donors (Lipinski definition) is 0. The molecule has 1 aliphatic carbocycles. The lowest BCUT2D eigenvalue weighted by molar-refractivity contribution is 0.515. The lowest BCUT2D eigenvalue weighted by Gasteiger charge is -2.06. The van der Waals surface area contributed by atoms with E-state index in [4.69, 9.17) is 0 Å². The van der Waals surface area contributed by atoms with Crippen LogP contribution in [0.1, 0.15) is 211 Å². The molecule has 20 nitrogen and oxygen atoms in total. The zero-order valence-corrected chi connectivity index (χ0v) is 67.5. The van der Waals surface area contributed by atoms with Gasteiger partial charge in [-0.3, -0.25) is 15.0 Å². The van der Waals surface area contributed by atoms with E-state index in [-0.39, 0.29) is 0 Å². The maximum absolute atomic E-state index is 4.20. The molecule has 0 bridgehead atoms. The second kappa shape index (κ2) is 52.1. The summed E-state index contributed by atoms with van der Waals surface area (Å²) in [6.07, 6.45) is 47.9. The summed E-state index contributed by atoms with van der Waals surface area (Å²) < 4.78 is 17.2. The molecule has 12 rings (SSSR count). The molecule has 0 N–H and O–H groups in total. The molecule has 0 radical (unpaired) electrons. The molecule has 0 aliphatic heterocycles. The zero-order chi connectivity index (χ0) is 75.8. The largest absolute Gasteiger partial charge is 0.335 e. The van der Waals surface area contributed by atoms with E-state index < -0.39 is 0 Å². The van der Waals surface area contributed by atoms with Crippen molar-refractivity contribution in [1.82, 2.24) is 96.6 Å². The average Bonchev–Trinajstić information content (AvgIpc) is 1.72. The van der Waals surface area contributed by atoms with E-state index in [1.54, 1.807) is 6.33 Å². The number of imidazole rings is 7. The Bertz CT molecular complexity index is 3750. The molecule has 11 aromatic rings. The maximum atomic E-state index is 4.20.